The van der Waals surface area contributed by atoms with E-state index in [9.17, 15) is 0 Å². The molecule has 0 N–H and O–H groups in total. The maximum absolute atomic E-state index is 7.69. The third-order valence-corrected chi connectivity index (χ3v) is 23.5. The van der Waals surface area contributed by atoms with E-state index in [1.165, 1.54) is 0 Å². The molecule has 8 bridgehead atoms. The van der Waals surface area contributed by atoms with Crippen LogP contribution in [0.5, 0.6) is 0 Å². The van der Waals surface area contributed by atoms with Gasteiger partial charge in [0.05, 0.1) is 106 Å². The van der Waals surface area contributed by atoms with Gasteiger partial charge in [0.2, 0.25) is 0 Å². The molecule has 20 atom stereocenters. The molecule has 5 aliphatic rings. The Morgan fingerprint density at radius 1 is 0.141 bits per heavy atom. The summed E-state index contributed by atoms with van der Waals surface area (Å²) in [5, 5.41) is 0. The van der Waals surface area contributed by atoms with Gasteiger partial charge in [0, 0.05) is 0 Å². The van der Waals surface area contributed by atoms with Crippen LogP contribution in [0.2, 0.25) is 0 Å². The lowest BCUT2D eigenvalue weighted by molar-refractivity contribution is -0.376. The topological polar surface area (TPSA) is 185 Å². The SMILES string of the molecule is c1ccc(CO[C@@H]2[C@@H](OCc3ccccc3)[C@H]3OC[C@H]4O[C@H](OC[C@H]5O[C@H](OC[C@H]6O[C@H](OC[C@@H](O3)[C@H]2OCc2ccccc2)[C@H](OCc2ccccc2)[C@@H](OCc2ccccc2)[C@@H]6OCc2ccccc2)[C@H](OCc2ccccc2)[C@@H](OCc2ccccc2)[C@@H]5OCc2ccccc2)[C@H](OCc2ccccc2)[C@@H](OCc2ccccc2)[C@@H]4OCc2ccccc2)cc1. The molecule has 5 fully saturated rings. The number of hydrogen-bond donors (Lipinski definition) is 0. The van der Waals surface area contributed by atoms with Crippen LogP contribution in [0.4, 0.5) is 0 Å². The fourth-order valence-corrected chi connectivity index (χ4v) is 16.8. The van der Waals surface area contributed by atoms with E-state index in [0.29, 0.717) is 0 Å². The van der Waals surface area contributed by atoms with Crippen molar-refractivity contribution in [3.63, 3.8) is 0 Å². The van der Waals surface area contributed by atoms with Gasteiger partial charge in [-0.05, 0) is 66.8 Å². The van der Waals surface area contributed by atoms with Crippen LogP contribution in [-0.4, -0.2) is 149 Å². The van der Waals surface area contributed by atoms with Crippen molar-refractivity contribution in [3.05, 3.63) is 431 Å². The fourth-order valence-electron chi connectivity index (χ4n) is 16.8. The Hall–Kier alpha value is -10.2. The average molecular weight is 1730 g/mol. The molecule has 12 aromatic rings. The minimum Gasteiger partial charge on any atom is -0.368 e. The quantitative estimate of drug-likeness (QED) is 0.0361. The Morgan fingerprint density at radius 3 is 0.375 bits per heavy atom. The summed E-state index contributed by atoms with van der Waals surface area (Å²) >= 11 is 0. The Bertz CT molecular complexity index is 4210. The van der Waals surface area contributed by atoms with E-state index in [-0.39, 0.29) is 106 Å². The van der Waals surface area contributed by atoms with E-state index < -0.39 is 123 Å². The summed E-state index contributed by atoms with van der Waals surface area (Å²) in [6.45, 7) is 0.727. The molecule has 0 unspecified atom stereocenters. The van der Waals surface area contributed by atoms with E-state index >= 15 is 0 Å². The highest BCUT2D eigenvalue weighted by Crippen LogP contribution is 2.41. The van der Waals surface area contributed by atoms with E-state index in [2.05, 4.69) is 0 Å². The van der Waals surface area contributed by atoms with Gasteiger partial charge < -0.3 is 94.7 Å². The van der Waals surface area contributed by atoms with Crippen LogP contribution in [0.1, 0.15) is 66.8 Å². The fraction of sp³-hybridized carbons (Fsp3) is 0.333. The summed E-state index contributed by atoms with van der Waals surface area (Å²) in [7, 11) is 0. The first-order chi connectivity index (χ1) is 63.5. The first-order valence-corrected chi connectivity index (χ1v) is 44.4. The Kier molecular flexibility index (Phi) is 33.3. The molecule has 0 radical (unpaired) electrons. The molecule has 0 saturated carbocycles. The molecule has 5 aliphatic heterocycles. The maximum Gasteiger partial charge on any atom is 0.187 e. The van der Waals surface area contributed by atoms with Crippen LogP contribution in [0.3, 0.4) is 0 Å². The van der Waals surface area contributed by atoms with Crippen LogP contribution >= 0.6 is 0 Å². The average Bonchev–Trinajstić information content (AvgIpc) is 0.774. The van der Waals surface area contributed by atoms with E-state index in [1.54, 1.807) is 0 Å². The molecule has 20 heteroatoms. The highest BCUT2D eigenvalue weighted by Gasteiger charge is 2.57. The minimum atomic E-state index is -1.28. The molecule has 664 valence electrons. The first-order valence-electron chi connectivity index (χ1n) is 44.4. The smallest absolute Gasteiger partial charge is 0.187 e. The van der Waals surface area contributed by atoms with Gasteiger partial charge in [-0.2, -0.15) is 0 Å². The van der Waals surface area contributed by atoms with Crippen LogP contribution in [0.25, 0.3) is 0 Å². The molecule has 20 nitrogen and oxygen atoms in total. The zero-order valence-electron chi connectivity index (χ0n) is 71.7. The third-order valence-electron chi connectivity index (χ3n) is 23.5. The minimum absolute atomic E-state index is 0.122. The second-order valence-corrected chi connectivity index (χ2v) is 32.6. The number of hydrogen-bond acceptors (Lipinski definition) is 20. The van der Waals surface area contributed by atoms with Crippen molar-refractivity contribution in [2.75, 3.05) is 26.4 Å². The Labute approximate surface area is 749 Å². The van der Waals surface area contributed by atoms with Crippen molar-refractivity contribution >= 4 is 0 Å². The number of ether oxygens (including phenoxy) is 20. The molecule has 0 aromatic heterocycles. The molecule has 12 aromatic carbocycles. The number of benzene rings is 12. The molecule has 0 amide bonds. The normalized spacial score (nSPS) is 26.8. The van der Waals surface area contributed by atoms with E-state index in [0.717, 1.165) is 66.8 Å². The molecule has 5 heterocycles. The largest absolute Gasteiger partial charge is 0.368 e. The van der Waals surface area contributed by atoms with Gasteiger partial charge in [-0.15, -0.1) is 0 Å². The van der Waals surface area contributed by atoms with Crippen molar-refractivity contribution in [1.82, 2.24) is 0 Å². The summed E-state index contributed by atoms with van der Waals surface area (Å²) in [6, 6.07) is 120. The van der Waals surface area contributed by atoms with Crippen molar-refractivity contribution in [1.29, 1.82) is 0 Å². The zero-order chi connectivity index (χ0) is 86.4. The second kappa shape index (κ2) is 47.4. The molecule has 0 spiro atoms. The lowest BCUT2D eigenvalue weighted by Crippen LogP contribution is -2.66. The molecular formula is C108H112O20. The lowest BCUT2D eigenvalue weighted by atomic mass is 9.96. The lowest BCUT2D eigenvalue weighted by Gasteiger charge is -2.50. The summed E-state index contributed by atoms with van der Waals surface area (Å²) in [5.41, 5.74) is 10.8. The summed E-state index contributed by atoms with van der Waals surface area (Å²) in [6.07, 6.45) is -21.0. The van der Waals surface area contributed by atoms with E-state index in [1.807, 2.05) is 364 Å². The zero-order valence-corrected chi connectivity index (χ0v) is 71.7. The Balaban J connectivity index is 0.841. The highest BCUT2D eigenvalue weighted by atomic mass is 16.8. The van der Waals surface area contributed by atoms with Crippen LogP contribution < -0.4 is 0 Å². The monoisotopic (exact) mass is 1730 g/mol. The summed E-state index contributed by atoms with van der Waals surface area (Å²) in [5.74, 6) is 0. The third kappa shape index (κ3) is 25.3. The molecule has 0 aliphatic carbocycles. The molecular weight excluding hydrogens is 1620 g/mol. The van der Waals surface area contributed by atoms with Gasteiger partial charge in [0.25, 0.3) is 0 Å². The summed E-state index contributed by atoms with van der Waals surface area (Å²) in [4.78, 5) is 0. The first kappa shape index (κ1) is 89.8. The predicted octanol–water partition coefficient (Wildman–Crippen LogP) is 18.0. The molecule has 5 saturated heterocycles. The van der Waals surface area contributed by atoms with Crippen LogP contribution in [-0.2, 0) is 174 Å². The van der Waals surface area contributed by atoms with Crippen molar-refractivity contribution in [2.24, 2.45) is 0 Å². The highest BCUT2D eigenvalue weighted by molar-refractivity contribution is 5.24. The van der Waals surface area contributed by atoms with Crippen molar-refractivity contribution < 1.29 is 94.7 Å². The predicted molar refractivity (Wildman–Crippen MR) is 479 cm³/mol. The van der Waals surface area contributed by atoms with Gasteiger partial charge in [0.1, 0.15) is 97.7 Å². The van der Waals surface area contributed by atoms with E-state index in [4.69, 9.17) is 94.7 Å². The number of fused-ring (bicyclic) bond motifs is 8. The van der Waals surface area contributed by atoms with Crippen LogP contribution in [0, 0.1) is 0 Å². The van der Waals surface area contributed by atoms with Crippen molar-refractivity contribution in [2.45, 2.75) is 202 Å². The second-order valence-electron chi connectivity index (χ2n) is 32.6. The van der Waals surface area contributed by atoms with Gasteiger partial charge in [-0.3, -0.25) is 0 Å². The van der Waals surface area contributed by atoms with Gasteiger partial charge >= 0.3 is 0 Å². The van der Waals surface area contributed by atoms with Crippen molar-refractivity contribution in [3.8, 4) is 0 Å². The standard InChI is InChI=1S/C108H112O20/c1-13-37-77(38-14-1)61-109-93-89-73-121-106-102(118-70-86-55-31-10-32-56-86)98(114-66-82-47-23-6-24-48-82)95(111-63-79-41-17-3-18-42-79)91(126-106)75-123-108-104(120-72-88-59-35-12-36-60-88)100(116-68-84-51-27-8-28-52-84)96(112-64-80-43-19-4-20-44-80)92(128-108)76-124-107-103(119-71-87-57-33-11-34-58-87)99(115-67-83-49-25-7-26-50-83)94(110-62-78-39-15-2-16-40-78)90(127-107)74-122-105(125-89)101(117-69-85-53-29-9-30-54-85)97(93)113-65-81-45-21-5-22-46-81/h1-60,89-108H,61-76H2/t89-,90-,91-,92-,93-,94-,95-,96-,97+,98+,99+,100+,101-,102-,103-,104-,105+,106+,107+,108+/m1/s1. The molecule has 17 rings (SSSR count). The van der Waals surface area contributed by atoms with Crippen LogP contribution in [0.15, 0.2) is 364 Å². The van der Waals surface area contributed by atoms with Gasteiger partial charge in [0.15, 0.2) is 25.2 Å². The number of rotatable bonds is 36. The van der Waals surface area contributed by atoms with Gasteiger partial charge in [-0.1, -0.05) is 364 Å². The van der Waals surface area contributed by atoms with Gasteiger partial charge in [-0.25, -0.2) is 0 Å². The Morgan fingerprint density at radius 2 is 0.250 bits per heavy atom. The summed E-state index contributed by atoms with van der Waals surface area (Å²) < 4.78 is 150. The molecule has 128 heavy (non-hydrogen) atoms. The maximum atomic E-state index is 7.69.